The average molecular weight is 207 g/mol. The van der Waals surface area contributed by atoms with Crippen LogP contribution in [0.3, 0.4) is 0 Å². The third-order valence-electron chi connectivity index (χ3n) is 2.87. The van der Waals surface area contributed by atoms with Gasteiger partial charge < -0.3 is 5.32 Å². The van der Waals surface area contributed by atoms with E-state index >= 15 is 0 Å². The van der Waals surface area contributed by atoms with Crippen LogP contribution in [0.15, 0.2) is 24.3 Å². The van der Waals surface area contributed by atoms with E-state index in [0.717, 1.165) is 12.8 Å². The van der Waals surface area contributed by atoms with Crippen molar-refractivity contribution in [3.8, 4) is 0 Å². The van der Waals surface area contributed by atoms with Crippen LogP contribution in [-0.2, 0) is 4.79 Å². The number of carbonyl (C=O) groups is 1. The molecule has 80 valence electrons. The molecule has 1 aliphatic carbocycles. The zero-order chi connectivity index (χ0) is 10.8. The Morgan fingerprint density at radius 1 is 1.47 bits per heavy atom. The van der Waals surface area contributed by atoms with E-state index in [1.54, 1.807) is 18.2 Å². The molecule has 0 saturated heterocycles. The number of carbonyl (C=O) groups excluding carboxylic acids is 1. The molecule has 1 atom stereocenters. The smallest absolute Gasteiger partial charge is 0.227 e. The predicted octanol–water partition coefficient (Wildman–Crippen LogP) is 2.81. The van der Waals surface area contributed by atoms with E-state index in [4.69, 9.17) is 0 Å². The summed E-state index contributed by atoms with van der Waals surface area (Å²) in [6.07, 6.45) is 2.23. The summed E-state index contributed by atoms with van der Waals surface area (Å²) < 4.78 is 13.2. The number of para-hydroxylation sites is 1. The SMILES string of the molecule is CC(C(=O)Nc1ccccc1F)C1CC1. The Labute approximate surface area is 88.5 Å². The van der Waals surface area contributed by atoms with Gasteiger partial charge in [0.15, 0.2) is 0 Å². The number of hydrogen-bond donors (Lipinski definition) is 1. The normalized spacial score (nSPS) is 17.2. The number of halogens is 1. The van der Waals surface area contributed by atoms with Crippen molar-refractivity contribution in [1.29, 1.82) is 0 Å². The second kappa shape index (κ2) is 4.01. The van der Waals surface area contributed by atoms with Crippen LogP contribution in [0.1, 0.15) is 19.8 Å². The molecular formula is C12H14FNO. The van der Waals surface area contributed by atoms with Crippen LogP contribution in [0.4, 0.5) is 10.1 Å². The fourth-order valence-corrected chi connectivity index (χ4v) is 1.62. The van der Waals surface area contributed by atoms with Gasteiger partial charge in [-0.2, -0.15) is 0 Å². The van der Waals surface area contributed by atoms with Crippen molar-refractivity contribution in [2.75, 3.05) is 5.32 Å². The lowest BCUT2D eigenvalue weighted by atomic mass is 10.1. The molecule has 1 unspecified atom stereocenters. The van der Waals surface area contributed by atoms with Crippen LogP contribution in [-0.4, -0.2) is 5.91 Å². The summed E-state index contributed by atoms with van der Waals surface area (Å²) in [4.78, 5) is 11.7. The number of anilines is 1. The number of benzene rings is 1. The maximum atomic E-state index is 13.2. The van der Waals surface area contributed by atoms with Gasteiger partial charge in [0.05, 0.1) is 5.69 Å². The minimum absolute atomic E-state index is 0.00962. The molecule has 1 saturated carbocycles. The molecule has 1 N–H and O–H groups in total. The summed E-state index contributed by atoms with van der Waals surface area (Å²) in [6.45, 7) is 1.90. The monoisotopic (exact) mass is 207 g/mol. The maximum Gasteiger partial charge on any atom is 0.227 e. The van der Waals surface area contributed by atoms with Crippen LogP contribution < -0.4 is 5.32 Å². The first-order chi connectivity index (χ1) is 7.18. The van der Waals surface area contributed by atoms with E-state index in [1.165, 1.54) is 6.07 Å². The molecule has 0 aliphatic heterocycles. The van der Waals surface area contributed by atoms with Crippen LogP contribution in [0.2, 0.25) is 0 Å². The highest BCUT2D eigenvalue weighted by molar-refractivity contribution is 5.92. The van der Waals surface area contributed by atoms with Crippen molar-refractivity contribution in [3.05, 3.63) is 30.1 Å². The first-order valence-electron chi connectivity index (χ1n) is 5.24. The van der Waals surface area contributed by atoms with Gasteiger partial charge in [0.2, 0.25) is 5.91 Å². The molecule has 0 heterocycles. The van der Waals surface area contributed by atoms with Gasteiger partial charge in [-0.05, 0) is 30.9 Å². The molecule has 0 radical (unpaired) electrons. The fourth-order valence-electron chi connectivity index (χ4n) is 1.62. The van der Waals surface area contributed by atoms with Gasteiger partial charge >= 0.3 is 0 Å². The van der Waals surface area contributed by atoms with Crippen molar-refractivity contribution in [1.82, 2.24) is 0 Å². The number of rotatable bonds is 3. The standard InChI is InChI=1S/C12H14FNO/c1-8(9-6-7-9)12(15)14-11-5-3-2-4-10(11)13/h2-5,8-9H,6-7H2,1H3,(H,14,15). The van der Waals surface area contributed by atoms with Crippen LogP contribution in [0.5, 0.6) is 0 Å². The average Bonchev–Trinajstić information content (AvgIpc) is 3.04. The van der Waals surface area contributed by atoms with E-state index in [0.29, 0.717) is 5.92 Å². The lowest BCUT2D eigenvalue weighted by Gasteiger charge is -2.11. The Morgan fingerprint density at radius 3 is 2.73 bits per heavy atom. The Hall–Kier alpha value is -1.38. The van der Waals surface area contributed by atoms with Crippen molar-refractivity contribution in [2.24, 2.45) is 11.8 Å². The lowest BCUT2D eigenvalue weighted by molar-refractivity contribution is -0.119. The van der Waals surface area contributed by atoms with Gasteiger partial charge in [0.1, 0.15) is 5.82 Å². The molecule has 0 aromatic heterocycles. The first kappa shape index (κ1) is 10.1. The minimum atomic E-state index is -0.381. The molecule has 2 rings (SSSR count). The Kier molecular flexibility index (Phi) is 2.71. The Balaban J connectivity index is 2.02. The summed E-state index contributed by atoms with van der Waals surface area (Å²) in [5.41, 5.74) is 0.273. The summed E-state index contributed by atoms with van der Waals surface area (Å²) in [5, 5.41) is 2.62. The number of nitrogens with one attached hydrogen (secondary N) is 1. The molecule has 3 heteroatoms. The van der Waals surface area contributed by atoms with Gasteiger partial charge in [-0.3, -0.25) is 4.79 Å². The molecular weight excluding hydrogens is 193 g/mol. The van der Waals surface area contributed by atoms with Gasteiger partial charge in [0, 0.05) is 5.92 Å². The van der Waals surface area contributed by atoms with E-state index in [2.05, 4.69) is 5.32 Å². The summed E-state index contributed by atoms with van der Waals surface area (Å²) in [5.74, 6) is 0.0258. The maximum absolute atomic E-state index is 13.2. The highest BCUT2D eigenvalue weighted by atomic mass is 19.1. The third-order valence-corrected chi connectivity index (χ3v) is 2.87. The topological polar surface area (TPSA) is 29.1 Å². The summed E-state index contributed by atoms with van der Waals surface area (Å²) >= 11 is 0. The summed E-state index contributed by atoms with van der Waals surface area (Å²) in [7, 11) is 0. The molecule has 1 fully saturated rings. The third kappa shape index (κ3) is 2.35. The van der Waals surface area contributed by atoms with Gasteiger partial charge in [0.25, 0.3) is 0 Å². The number of amides is 1. The molecule has 1 aliphatic rings. The quantitative estimate of drug-likeness (QED) is 0.811. The van der Waals surface area contributed by atoms with E-state index in [-0.39, 0.29) is 23.3 Å². The number of hydrogen-bond acceptors (Lipinski definition) is 1. The fraction of sp³-hybridized carbons (Fsp3) is 0.417. The van der Waals surface area contributed by atoms with Crippen molar-refractivity contribution < 1.29 is 9.18 Å². The molecule has 0 spiro atoms. The highest BCUT2D eigenvalue weighted by Crippen LogP contribution is 2.37. The lowest BCUT2D eigenvalue weighted by Crippen LogP contribution is -2.22. The molecule has 15 heavy (non-hydrogen) atoms. The second-order valence-electron chi connectivity index (χ2n) is 4.10. The molecule has 1 aromatic carbocycles. The zero-order valence-corrected chi connectivity index (χ0v) is 8.66. The Morgan fingerprint density at radius 2 is 2.13 bits per heavy atom. The van der Waals surface area contributed by atoms with E-state index < -0.39 is 0 Å². The Bertz CT molecular complexity index is 374. The van der Waals surface area contributed by atoms with E-state index in [1.807, 2.05) is 6.92 Å². The van der Waals surface area contributed by atoms with Gasteiger partial charge in [-0.25, -0.2) is 4.39 Å². The molecule has 1 aromatic rings. The van der Waals surface area contributed by atoms with Crippen molar-refractivity contribution in [3.63, 3.8) is 0 Å². The van der Waals surface area contributed by atoms with E-state index in [9.17, 15) is 9.18 Å². The molecule has 0 bridgehead atoms. The summed E-state index contributed by atoms with van der Waals surface area (Å²) in [6, 6.07) is 6.24. The highest BCUT2D eigenvalue weighted by Gasteiger charge is 2.32. The van der Waals surface area contributed by atoms with Gasteiger partial charge in [-0.1, -0.05) is 19.1 Å². The van der Waals surface area contributed by atoms with Crippen molar-refractivity contribution >= 4 is 11.6 Å². The van der Waals surface area contributed by atoms with Crippen LogP contribution in [0.25, 0.3) is 0 Å². The van der Waals surface area contributed by atoms with Gasteiger partial charge in [-0.15, -0.1) is 0 Å². The second-order valence-corrected chi connectivity index (χ2v) is 4.10. The minimum Gasteiger partial charge on any atom is -0.323 e. The largest absolute Gasteiger partial charge is 0.323 e. The molecule has 1 amide bonds. The van der Waals surface area contributed by atoms with Crippen LogP contribution in [0, 0.1) is 17.7 Å². The zero-order valence-electron chi connectivity index (χ0n) is 8.66. The van der Waals surface area contributed by atoms with Crippen molar-refractivity contribution in [2.45, 2.75) is 19.8 Å². The molecule has 2 nitrogen and oxygen atoms in total. The van der Waals surface area contributed by atoms with Crippen LogP contribution >= 0.6 is 0 Å². The first-order valence-corrected chi connectivity index (χ1v) is 5.24. The predicted molar refractivity (Wildman–Crippen MR) is 56.9 cm³/mol.